The van der Waals surface area contributed by atoms with Gasteiger partial charge in [-0.25, -0.2) is 0 Å². The zero-order valence-corrected chi connectivity index (χ0v) is 13.2. The van der Waals surface area contributed by atoms with E-state index in [0.717, 1.165) is 19.1 Å². The monoisotopic (exact) mass is 268 g/mol. The van der Waals surface area contributed by atoms with Gasteiger partial charge in [-0.05, 0) is 52.0 Å². The molecular weight excluding hydrogens is 236 g/mol. The highest BCUT2D eigenvalue weighted by Crippen LogP contribution is 2.29. The van der Waals surface area contributed by atoms with Crippen LogP contribution in [0.3, 0.4) is 0 Å². The summed E-state index contributed by atoms with van der Waals surface area (Å²) in [5.74, 6) is 0.726. The Kier molecular flexibility index (Phi) is 5.67. The minimum atomic E-state index is 0.467. The molecule has 0 aromatic carbocycles. The molecule has 0 aromatic heterocycles. The van der Waals surface area contributed by atoms with Crippen LogP contribution in [-0.4, -0.2) is 48.8 Å². The fourth-order valence-corrected chi connectivity index (χ4v) is 3.78. The first-order chi connectivity index (χ1) is 9.15. The Hall–Kier alpha value is -0.120. The molecule has 0 bridgehead atoms. The van der Waals surface area contributed by atoms with Crippen molar-refractivity contribution in [3.8, 4) is 0 Å². The van der Waals surface area contributed by atoms with Crippen molar-refractivity contribution >= 4 is 0 Å². The predicted octanol–water partition coefficient (Wildman–Crippen LogP) is 2.65. The second kappa shape index (κ2) is 7.05. The van der Waals surface area contributed by atoms with Gasteiger partial charge in [-0.2, -0.15) is 0 Å². The van der Waals surface area contributed by atoms with Crippen LogP contribution >= 0.6 is 0 Å². The molecule has 0 radical (unpaired) electrons. The molecule has 0 saturated carbocycles. The van der Waals surface area contributed by atoms with E-state index in [2.05, 4.69) is 37.9 Å². The molecule has 2 fully saturated rings. The Bertz CT molecular complexity index is 265. The van der Waals surface area contributed by atoms with Crippen LogP contribution in [-0.2, 0) is 4.74 Å². The van der Waals surface area contributed by atoms with Crippen LogP contribution < -0.4 is 5.32 Å². The summed E-state index contributed by atoms with van der Waals surface area (Å²) < 4.78 is 5.89. The number of likely N-dealkylation sites (tertiary alicyclic amines) is 1. The molecule has 19 heavy (non-hydrogen) atoms. The van der Waals surface area contributed by atoms with Gasteiger partial charge in [0.1, 0.15) is 0 Å². The predicted molar refractivity (Wildman–Crippen MR) is 80.5 cm³/mol. The summed E-state index contributed by atoms with van der Waals surface area (Å²) in [4.78, 5) is 2.69. The minimum absolute atomic E-state index is 0.467. The maximum absolute atomic E-state index is 5.89. The van der Waals surface area contributed by atoms with Crippen LogP contribution in [0, 0.1) is 5.92 Å². The highest BCUT2D eigenvalue weighted by molar-refractivity contribution is 4.93. The lowest BCUT2D eigenvalue weighted by molar-refractivity contribution is -0.0181. The van der Waals surface area contributed by atoms with Crippen LogP contribution in [0.2, 0.25) is 0 Å². The molecule has 2 aliphatic heterocycles. The maximum Gasteiger partial charge on any atom is 0.0728 e. The van der Waals surface area contributed by atoms with Gasteiger partial charge in [-0.15, -0.1) is 0 Å². The molecule has 5 unspecified atom stereocenters. The highest BCUT2D eigenvalue weighted by Gasteiger charge is 2.37. The highest BCUT2D eigenvalue weighted by atomic mass is 16.5. The summed E-state index contributed by atoms with van der Waals surface area (Å²) in [5, 5.41) is 3.72. The first-order valence-electron chi connectivity index (χ1n) is 8.25. The van der Waals surface area contributed by atoms with Crippen molar-refractivity contribution in [1.82, 2.24) is 10.2 Å². The summed E-state index contributed by atoms with van der Waals surface area (Å²) in [6, 6.07) is 1.93. The molecule has 1 N–H and O–H groups in total. The van der Waals surface area contributed by atoms with E-state index in [1.54, 1.807) is 0 Å². The van der Waals surface area contributed by atoms with Crippen molar-refractivity contribution in [3.63, 3.8) is 0 Å². The smallest absolute Gasteiger partial charge is 0.0728 e. The van der Waals surface area contributed by atoms with E-state index < -0.39 is 0 Å². The lowest BCUT2D eigenvalue weighted by atomic mass is 9.85. The molecule has 0 amide bonds. The van der Waals surface area contributed by atoms with Crippen molar-refractivity contribution in [1.29, 1.82) is 0 Å². The summed E-state index contributed by atoms with van der Waals surface area (Å²) in [6.45, 7) is 12.8. The molecular formula is C16H32N2O. The van der Waals surface area contributed by atoms with Gasteiger partial charge in [-0.3, -0.25) is 4.90 Å². The largest absolute Gasteiger partial charge is 0.377 e. The fraction of sp³-hybridized carbons (Fsp3) is 1.00. The SMILES string of the molecule is CCCNC1CCN(C(C)C2CCCO2)C(C)C1C. The maximum atomic E-state index is 5.89. The number of nitrogens with one attached hydrogen (secondary N) is 1. The van der Waals surface area contributed by atoms with E-state index >= 15 is 0 Å². The minimum Gasteiger partial charge on any atom is -0.377 e. The van der Waals surface area contributed by atoms with Gasteiger partial charge in [0.05, 0.1) is 6.10 Å². The van der Waals surface area contributed by atoms with Crippen LogP contribution in [0.15, 0.2) is 0 Å². The molecule has 5 atom stereocenters. The average molecular weight is 268 g/mol. The molecule has 2 saturated heterocycles. The van der Waals surface area contributed by atoms with E-state index in [1.165, 1.54) is 32.2 Å². The first-order valence-corrected chi connectivity index (χ1v) is 8.25. The molecule has 112 valence electrons. The Balaban J connectivity index is 1.90. The third kappa shape index (κ3) is 3.50. The van der Waals surface area contributed by atoms with Gasteiger partial charge >= 0.3 is 0 Å². The fourth-order valence-electron chi connectivity index (χ4n) is 3.78. The van der Waals surface area contributed by atoms with E-state index in [0.29, 0.717) is 24.2 Å². The number of nitrogens with zero attached hydrogens (tertiary/aromatic N) is 1. The Morgan fingerprint density at radius 1 is 1.32 bits per heavy atom. The Morgan fingerprint density at radius 2 is 2.11 bits per heavy atom. The van der Waals surface area contributed by atoms with Crippen molar-refractivity contribution in [2.75, 3.05) is 19.7 Å². The second-order valence-corrected chi connectivity index (χ2v) is 6.48. The van der Waals surface area contributed by atoms with Crippen molar-refractivity contribution in [3.05, 3.63) is 0 Å². The Labute approximate surface area is 119 Å². The lowest BCUT2D eigenvalue weighted by Gasteiger charge is -2.47. The van der Waals surface area contributed by atoms with Crippen LogP contribution in [0.25, 0.3) is 0 Å². The van der Waals surface area contributed by atoms with Gasteiger partial charge in [0.2, 0.25) is 0 Å². The molecule has 3 nitrogen and oxygen atoms in total. The van der Waals surface area contributed by atoms with Gasteiger partial charge in [0, 0.05) is 31.3 Å². The number of hydrogen-bond acceptors (Lipinski definition) is 3. The molecule has 0 spiro atoms. The molecule has 3 heteroatoms. The van der Waals surface area contributed by atoms with Crippen molar-refractivity contribution in [2.45, 2.75) is 77.6 Å². The third-order valence-electron chi connectivity index (χ3n) is 5.30. The van der Waals surface area contributed by atoms with E-state index in [-0.39, 0.29) is 0 Å². The zero-order valence-electron chi connectivity index (χ0n) is 13.2. The number of hydrogen-bond donors (Lipinski definition) is 1. The average Bonchev–Trinajstić information content (AvgIpc) is 2.94. The number of rotatable bonds is 5. The van der Waals surface area contributed by atoms with Gasteiger partial charge in [0.15, 0.2) is 0 Å². The lowest BCUT2D eigenvalue weighted by Crippen LogP contribution is -2.57. The quantitative estimate of drug-likeness (QED) is 0.829. The first kappa shape index (κ1) is 15.3. The topological polar surface area (TPSA) is 24.5 Å². The standard InChI is InChI=1S/C16H32N2O/c1-5-9-17-15-8-10-18(13(3)12(15)2)14(4)16-7-6-11-19-16/h12-17H,5-11H2,1-4H3. The van der Waals surface area contributed by atoms with Crippen LogP contribution in [0.5, 0.6) is 0 Å². The number of piperidine rings is 1. The molecule has 2 heterocycles. The van der Waals surface area contributed by atoms with Gasteiger partial charge in [0.25, 0.3) is 0 Å². The number of ether oxygens (including phenoxy) is 1. The Morgan fingerprint density at radius 3 is 2.74 bits per heavy atom. The molecule has 2 aliphatic rings. The van der Waals surface area contributed by atoms with E-state index in [1.807, 2.05) is 0 Å². The van der Waals surface area contributed by atoms with E-state index in [4.69, 9.17) is 4.74 Å². The van der Waals surface area contributed by atoms with Crippen LogP contribution in [0.1, 0.15) is 53.4 Å². The second-order valence-electron chi connectivity index (χ2n) is 6.48. The van der Waals surface area contributed by atoms with Gasteiger partial charge < -0.3 is 10.1 Å². The third-order valence-corrected chi connectivity index (χ3v) is 5.30. The van der Waals surface area contributed by atoms with Gasteiger partial charge in [-0.1, -0.05) is 13.8 Å². The van der Waals surface area contributed by atoms with Crippen molar-refractivity contribution in [2.24, 2.45) is 5.92 Å². The summed E-state index contributed by atoms with van der Waals surface area (Å²) >= 11 is 0. The summed E-state index contributed by atoms with van der Waals surface area (Å²) in [5.41, 5.74) is 0. The van der Waals surface area contributed by atoms with Crippen molar-refractivity contribution < 1.29 is 4.74 Å². The summed E-state index contributed by atoms with van der Waals surface area (Å²) in [6.07, 6.45) is 5.47. The molecule has 2 rings (SSSR count). The normalized spacial score (nSPS) is 38.5. The molecule has 0 aromatic rings. The summed E-state index contributed by atoms with van der Waals surface area (Å²) in [7, 11) is 0. The zero-order chi connectivity index (χ0) is 13.8. The van der Waals surface area contributed by atoms with Crippen LogP contribution in [0.4, 0.5) is 0 Å². The van der Waals surface area contributed by atoms with E-state index in [9.17, 15) is 0 Å². The molecule has 0 aliphatic carbocycles.